The minimum absolute atomic E-state index is 0.0830. The first-order valence-corrected chi connectivity index (χ1v) is 11.2. The third-order valence-electron chi connectivity index (χ3n) is 5.34. The topological polar surface area (TPSA) is 67.2 Å². The van der Waals surface area contributed by atoms with Crippen molar-refractivity contribution in [3.8, 4) is 11.3 Å². The lowest BCUT2D eigenvalue weighted by atomic mass is 10.1. The first-order valence-electron chi connectivity index (χ1n) is 10.9. The van der Waals surface area contributed by atoms with Crippen molar-refractivity contribution < 1.29 is 9.59 Å². The predicted molar refractivity (Wildman–Crippen MR) is 134 cm³/mol. The van der Waals surface area contributed by atoms with Crippen molar-refractivity contribution in [2.24, 2.45) is 0 Å². The van der Waals surface area contributed by atoms with E-state index in [-0.39, 0.29) is 18.4 Å². The quantitative estimate of drug-likeness (QED) is 0.416. The zero-order valence-electron chi connectivity index (χ0n) is 19.0. The van der Waals surface area contributed by atoms with Crippen molar-refractivity contribution >= 4 is 23.4 Å². The molecule has 0 atom stereocenters. The van der Waals surface area contributed by atoms with E-state index in [9.17, 15) is 9.59 Å². The summed E-state index contributed by atoms with van der Waals surface area (Å²) in [6, 6.07) is 24.5. The Balaban J connectivity index is 1.58. The maximum atomic E-state index is 13.2. The molecule has 6 nitrogen and oxygen atoms in total. The number of aromatic nitrogens is 2. The molecular weight excluding hydrogens is 448 g/mol. The molecule has 4 rings (SSSR count). The molecule has 0 aliphatic heterocycles. The van der Waals surface area contributed by atoms with Gasteiger partial charge < -0.3 is 10.2 Å². The molecule has 0 fully saturated rings. The average Bonchev–Trinajstić information content (AvgIpc) is 3.27. The van der Waals surface area contributed by atoms with Crippen LogP contribution in [-0.4, -0.2) is 40.6 Å². The number of nitrogens with one attached hydrogen (secondary N) is 1. The fourth-order valence-corrected chi connectivity index (χ4v) is 3.74. The van der Waals surface area contributed by atoms with E-state index >= 15 is 0 Å². The Morgan fingerprint density at radius 2 is 1.65 bits per heavy atom. The zero-order chi connectivity index (χ0) is 24.1. The second-order valence-corrected chi connectivity index (χ2v) is 8.60. The number of benzene rings is 3. The number of rotatable bonds is 7. The second-order valence-electron chi connectivity index (χ2n) is 8.16. The van der Waals surface area contributed by atoms with Crippen molar-refractivity contribution in [1.29, 1.82) is 0 Å². The monoisotopic (exact) mass is 472 g/mol. The van der Waals surface area contributed by atoms with E-state index in [0.717, 1.165) is 16.7 Å². The highest BCUT2D eigenvalue weighted by atomic mass is 35.5. The van der Waals surface area contributed by atoms with Crippen molar-refractivity contribution in [1.82, 2.24) is 20.0 Å². The molecule has 0 saturated carbocycles. The molecule has 3 aromatic carbocycles. The van der Waals surface area contributed by atoms with E-state index in [1.807, 2.05) is 54.6 Å². The fourth-order valence-electron chi connectivity index (χ4n) is 3.61. The number of amides is 2. The minimum Gasteiger partial charge on any atom is -0.348 e. The van der Waals surface area contributed by atoms with Gasteiger partial charge in [-0.2, -0.15) is 5.10 Å². The highest BCUT2D eigenvalue weighted by Gasteiger charge is 2.18. The molecule has 0 spiro atoms. The van der Waals surface area contributed by atoms with Crippen LogP contribution in [0.15, 0.2) is 85.1 Å². The third-order valence-corrected chi connectivity index (χ3v) is 5.60. The summed E-state index contributed by atoms with van der Waals surface area (Å²) >= 11 is 6.05. The lowest BCUT2D eigenvalue weighted by molar-refractivity contribution is 0.0827. The Labute approximate surface area is 203 Å². The molecule has 0 bridgehead atoms. The molecular formula is C27H25ClN4O2. The molecule has 1 aromatic heterocycles. The fraction of sp³-hybridized carbons (Fsp3) is 0.148. The molecule has 1 N–H and O–H groups in total. The maximum absolute atomic E-state index is 13.2. The summed E-state index contributed by atoms with van der Waals surface area (Å²) in [6.45, 7) is 0.834. The second kappa shape index (κ2) is 10.4. The summed E-state index contributed by atoms with van der Waals surface area (Å²) in [5, 5.41) is 8.28. The van der Waals surface area contributed by atoms with Gasteiger partial charge in [0.1, 0.15) is 5.69 Å². The van der Waals surface area contributed by atoms with Crippen LogP contribution in [0.1, 0.15) is 31.8 Å². The number of hydrogen-bond donors (Lipinski definition) is 1. The molecule has 7 heteroatoms. The number of carbonyl (C=O) groups is 2. The summed E-state index contributed by atoms with van der Waals surface area (Å²) in [5.74, 6) is -0.325. The van der Waals surface area contributed by atoms with Crippen LogP contribution >= 0.6 is 11.6 Å². The van der Waals surface area contributed by atoms with Gasteiger partial charge in [-0.3, -0.25) is 14.3 Å². The third kappa shape index (κ3) is 5.53. The van der Waals surface area contributed by atoms with Crippen LogP contribution in [-0.2, 0) is 13.1 Å². The van der Waals surface area contributed by atoms with Gasteiger partial charge >= 0.3 is 0 Å². The molecule has 1 heterocycles. The van der Waals surface area contributed by atoms with Gasteiger partial charge in [-0.25, -0.2) is 0 Å². The molecule has 34 heavy (non-hydrogen) atoms. The average molecular weight is 473 g/mol. The molecule has 0 aliphatic carbocycles. The van der Waals surface area contributed by atoms with Gasteiger partial charge in [0.15, 0.2) is 0 Å². The molecule has 172 valence electrons. The zero-order valence-corrected chi connectivity index (χ0v) is 19.8. The molecule has 0 aliphatic rings. The van der Waals surface area contributed by atoms with Crippen molar-refractivity contribution in [3.63, 3.8) is 0 Å². The van der Waals surface area contributed by atoms with Crippen LogP contribution in [0.4, 0.5) is 0 Å². The van der Waals surface area contributed by atoms with Gasteiger partial charge in [-0.05, 0) is 35.4 Å². The van der Waals surface area contributed by atoms with E-state index in [1.54, 1.807) is 49.2 Å². The summed E-state index contributed by atoms with van der Waals surface area (Å²) in [6.07, 6.45) is 1.76. The van der Waals surface area contributed by atoms with Crippen LogP contribution in [0, 0.1) is 0 Å². The standard InChI is InChI=1S/C27H25ClN4O2/c1-31(2)27(34)22-10-6-9-20(15-22)16-29-26(33)24-18-32(17-19-7-4-3-5-8-19)30-25(24)21-11-13-23(28)14-12-21/h3-15,18H,16-17H2,1-2H3,(H,29,33). The van der Waals surface area contributed by atoms with Gasteiger partial charge in [-0.1, -0.05) is 66.2 Å². The number of halogens is 1. The molecule has 4 aromatic rings. The van der Waals surface area contributed by atoms with Crippen LogP contribution < -0.4 is 5.32 Å². The Bertz CT molecular complexity index is 1300. The van der Waals surface area contributed by atoms with E-state index in [4.69, 9.17) is 16.7 Å². The number of hydrogen-bond acceptors (Lipinski definition) is 3. The largest absolute Gasteiger partial charge is 0.348 e. The molecule has 2 amide bonds. The van der Waals surface area contributed by atoms with Gasteiger partial charge in [0.2, 0.25) is 0 Å². The maximum Gasteiger partial charge on any atom is 0.255 e. The van der Waals surface area contributed by atoms with Gasteiger partial charge in [0.25, 0.3) is 11.8 Å². The lowest BCUT2D eigenvalue weighted by Crippen LogP contribution is -2.24. The summed E-state index contributed by atoms with van der Waals surface area (Å²) < 4.78 is 1.77. The number of nitrogens with zero attached hydrogens (tertiary/aromatic N) is 3. The van der Waals surface area contributed by atoms with Crippen LogP contribution in [0.25, 0.3) is 11.3 Å². The van der Waals surface area contributed by atoms with Crippen LogP contribution in [0.2, 0.25) is 5.02 Å². The SMILES string of the molecule is CN(C)C(=O)c1cccc(CNC(=O)c2cn(Cc3ccccc3)nc2-c2ccc(Cl)cc2)c1. The highest BCUT2D eigenvalue weighted by Crippen LogP contribution is 2.24. The van der Waals surface area contributed by atoms with Crippen molar-refractivity contribution in [2.75, 3.05) is 14.1 Å². The molecule has 0 radical (unpaired) electrons. The highest BCUT2D eigenvalue weighted by molar-refractivity contribution is 6.30. The van der Waals surface area contributed by atoms with Crippen LogP contribution in [0.5, 0.6) is 0 Å². The smallest absolute Gasteiger partial charge is 0.255 e. The van der Waals surface area contributed by atoms with E-state index in [1.165, 1.54) is 4.90 Å². The van der Waals surface area contributed by atoms with E-state index in [2.05, 4.69) is 5.32 Å². The Morgan fingerprint density at radius 3 is 2.35 bits per heavy atom. The summed E-state index contributed by atoms with van der Waals surface area (Å²) in [5.41, 5.74) is 4.36. The summed E-state index contributed by atoms with van der Waals surface area (Å²) in [4.78, 5) is 27.0. The minimum atomic E-state index is -0.242. The van der Waals surface area contributed by atoms with Gasteiger partial charge in [0, 0.05) is 43.0 Å². The number of carbonyl (C=O) groups excluding carboxylic acids is 2. The van der Waals surface area contributed by atoms with Crippen molar-refractivity contribution in [2.45, 2.75) is 13.1 Å². The van der Waals surface area contributed by atoms with E-state index < -0.39 is 0 Å². The Hall–Kier alpha value is -3.90. The first kappa shape index (κ1) is 23.3. The molecule has 0 saturated heterocycles. The predicted octanol–water partition coefficient (Wildman–Crippen LogP) is 4.88. The lowest BCUT2D eigenvalue weighted by Gasteiger charge is -2.11. The van der Waals surface area contributed by atoms with Crippen molar-refractivity contribution in [3.05, 3.63) is 112 Å². The molecule has 0 unspecified atom stereocenters. The first-order chi connectivity index (χ1) is 16.4. The van der Waals surface area contributed by atoms with Gasteiger partial charge in [-0.15, -0.1) is 0 Å². The van der Waals surface area contributed by atoms with Gasteiger partial charge in [0.05, 0.1) is 12.1 Å². The summed E-state index contributed by atoms with van der Waals surface area (Å²) in [7, 11) is 3.42. The van der Waals surface area contributed by atoms with E-state index in [0.29, 0.717) is 28.4 Å². The normalized spacial score (nSPS) is 10.7. The Morgan fingerprint density at radius 1 is 0.941 bits per heavy atom. The Kier molecular flexibility index (Phi) is 7.09. The van der Waals surface area contributed by atoms with Crippen LogP contribution in [0.3, 0.4) is 0 Å².